The van der Waals surface area contributed by atoms with Gasteiger partial charge in [-0.25, -0.2) is 4.39 Å². The molecule has 4 aromatic rings. The summed E-state index contributed by atoms with van der Waals surface area (Å²) in [6, 6.07) is 11.9. The lowest BCUT2D eigenvalue weighted by Gasteiger charge is -2.03. The molecule has 27 heavy (non-hydrogen) atoms. The van der Waals surface area contributed by atoms with Gasteiger partial charge in [0, 0.05) is 11.8 Å². The number of H-pyrrole nitrogens is 1. The summed E-state index contributed by atoms with van der Waals surface area (Å²) >= 11 is 7.69. The molecule has 136 valence electrons. The van der Waals surface area contributed by atoms with Crippen LogP contribution in [0.25, 0.3) is 10.6 Å². The maximum Gasteiger partial charge on any atom is 0.277 e. The number of carbonyl (C=O) groups is 1. The third-order valence-electron chi connectivity index (χ3n) is 3.84. The second-order valence-corrected chi connectivity index (χ2v) is 7.07. The molecule has 0 aliphatic heterocycles. The number of hydrogen-bond acceptors (Lipinski definition) is 4. The van der Waals surface area contributed by atoms with E-state index in [2.05, 4.69) is 20.6 Å². The molecule has 0 saturated heterocycles. The van der Waals surface area contributed by atoms with Gasteiger partial charge in [0.25, 0.3) is 5.91 Å². The zero-order chi connectivity index (χ0) is 18.8. The van der Waals surface area contributed by atoms with Gasteiger partial charge >= 0.3 is 0 Å². The number of rotatable bonds is 5. The predicted molar refractivity (Wildman–Crippen MR) is 103 cm³/mol. The Morgan fingerprint density at radius 1 is 1.30 bits per heavy atom. The fourth-order valence-corrected chi connectivity index (χ4v) is 3.42. The van der Waals surface area contributed by atoms with Gasteiger partial charge in [-0.2, -0.15) is 10.2 Å². The van der Waals surface area contributed by atoms with Gasteiger partial charge in [-0.1, -0.05) is 35.9 Å². The minimum atomic E-state index is -0.438. The van der Waals surface area contributed by atoms with Gasteiger partial charge in [0.1, 0.15) is 10.8 Å². The first-order valence-corrected chi connectivity index (χ1v) is 9.23. The molecule has 0 bridgehead atoms. The first-order chi connectivity index (χ1) is 13.1. The Balaban J connectivity index is 1.49. The van der Waals surface area contributed by atoms with Crippen LogP contribution in [0.3, 0.4) is 0 Å². The molecule has 4 rings (SSSR count). The van der Waals surface area contributed by atoms with Crippen molar-refractivity contribution in [2.24, 2.45) is 0 Å². The Bertz CT molecular complexity index is 1090. The maximum absolute atomic E-state index is 13.8. The number of hydrogen-bond donors (Lipinski definition) is 2. The molecule has 0 fully saturated rings. The molecule has 2 N–H and O–H groups in total. The van der Waals surface area contributed by atoms with Gasteiger partial charge in [-0.15, -0.1) is 11.3 Å². The summed E-state index contributed by atoms with van der Waals surface area (Å²) in [5.74, 6) is -0.571. The van der Waals surface area contributed by atoms with E-state index < -0.39 is 5.91 Å². The van der Waals surface area contributed by atoms with Crippen LogP contribution in [0, 0.1) is 5.82 Å². The molecule has 0 unspecified atom stereocenters. The Morgan fingerprint density at radius 2 is 2.15 bits per heavy atom. The van der Waals surface area contributed by atoms with E-state index in [1.54, 1.807) is 35.6 Å². The highest BCUT2D eigenvalue weighted by Gasteiger charge is 2.16. The zero-order valence-electron chi connectivity index (χ0n) is 13.8. The van der Waals surface area contributed by atoms with Crippen molar-refractivity contribution in [3.05, 3.63) is 76.1 Å². The van der Waals surface area contributed by atoms with Gasteiger partial charge in [0.2, 0.25) is 0 Å². The Hall–Kier alpha value is -2.97. The van der Waals surface area contributed by atoms with Crippen LogP contribution in [0.2, 0.25) is 5.02 Å². The van der Waals surface area contributed by atoms with Gasteiger partial charge in [-0.05, 0) is 23.6 Å². The standard InChI is InChI=1S/C18H13ClFN5OS/c19-12-10-25(9-11-4-1-2-5-13(11)20)24-17(12)21-18(26)15-8-14(22-23-15)16-6-3-7-27-16/h1-8,10H,9H2,(H,22,23)(H,21,24,26). The van der Waals surface area contributed by atoms with Crippen LogP contribution in [-0.4, -0.2) is 25.9 Å². The van der Waals surface area contributed by atoms with Crippen molar-refractivity contribution in [2.75, 3.05) is 5.32 Å². The molecule has 6 nitrogen and oxygen atoms in total. The van der Waals surface area contributed by atoms with E-state index in [9.17, 15) is 9.18 Å². The number of halogens is 2. The van der Waals surface area contributed by atoms with Gasteiger partial charge in [-0.3, -0.25) is 14.6 Å². The summed E-state index contributed by atoms with van der Waals surface area (Å²) < 4.78 is 15.2. The van der Waals surface area contributed by atoms with Crippen LogP contribution in [-0.2, 0) is 6.54 Å². The summed E-state index contributed by atoms with van der Waals surface area (Å²) in [7, 11) is 0. The van der Waals surface area contributed by atoms with E-state index in [-0.39, 0.29) is 28.9 Å². The normalized spacial score (nSPS) is 10.9. The smallest absolute Gasteiger partial charge is 0.277 e. The van der Waals surface area contributed by atoms with Crippen molar-refractivity contribution in [1.29, 1.82) is 0 Å². The van der Waals surface area contributed by atoms with Crippen molar-refractivity contribution in [1.82, 2.24) is 20.0 Å². The highest BCUT2D eigenvalue weighted by Crippen LogP contribution is 2.24. The number of nitrogens with one attached hydrogen (secondary N) is 2. The second kappa shape index (κ2) is 7.34. The van der Waals surface area contributed by atoms with Crippen LogP contribution in [0.1, 0.15) is 16.1 Å². The molecule has 0 radical (unpaired) electrons. The van der Waals surface area contributed by atoms with Crippen molar-refractivity contribution >= 4 is 34.7 Å². The van der Waals surface area contributed by atoms with Gasteiger partial charge in [0.05, 0.1) is 17.1 Å². The van der Waals surface area contributed by atoms with E-state index >= 15 is 0 Å². The van der Waals surface area contributed by atoms with Crippen LogP contribution >= 0.6 is 22.9 Å². The molecule has 3 heterocycles. The first kappa shape index (κ1) is 17.4. The minimum absolute atomic E-state index is 0.193. The summed E-state index contributed by atoms with van der Waals surface area (Å²) in [6.07, 6.45) is 1.53. The molecular formula is C18H13ClFN5OS. The first-order valence-electron chi connectivity index (χ1n) is 7.97. The average molecular weight is 402 g/mol. The topological polar surface area (TPSA) is 75.6 Å². The van der Waals surface area contributed by atoms with E-state index in [1.807, 2.05) is 17.5 Å². The molecule has 1 aromatic carbocycles. The largest absolute Gasteiger partial charge is 0.302 e. The Kier molecular flexibility index (Phi) is 4.74. The van der Waals surface area contributed by atoms with Gasteiger partial charge in [0.15, 0.2) is 11.5 Å². The number of thiophene rings is 1. The fourth-order valence-electron chi connectivity index (χ4n) is 2.53. The fraction of sp³-hybridized carbons (Fsp3) is 0.0556. The van der Waals surface area contributed by atoms with Gasteiger partial charge < -0.3 is 5.32 Å². The molecule has 9 heteroatoms. The van der Waals surface area contributed by atoms with Crippen molar-refractivity contribution < 1.29 is 9.18 Å². The number of carbonyl (C=O) groups excluding carboxylic acids is 1. The lowest BCUT2D eigenvalue weighted by molar-refractivity contribution is 0.102. The van der Waals surface area contributed by atoms with Crippen LogP contribution in [0.5, 0.6) is 0 Å². The number of anilines is 1. The summed E-state index contributed by atoms with van der Waals surface area (Å²) in [4.78, 5) is 13.4. The predicted octanol–water partition coefficient (Wildman–Crippen LogP) is 4.43. The molecule has 0 saturated carbocycles. The lowest BCUT2D eigenvalue weighted by Crippen LogP contribution is -2.13. The maximum atomic E-state index is 13.8. The third kappa shape index (κ3) is 3.76. The van der Waals surface area contributed by atoms with E-state index in [1.165, 1.54) is 16.9 Å². The van der Waals surface area contributed by atoms with E-state index in [0.29, 0.717) is 5.56 Å². The van der Waals surface area contributed by atoms with Crippen molar-refractivity contribution in [3.63, 3.8) is 0 Å². The highest BCUT2D eigenvalue weighted by atomic mass is 35.5. The molecule has 0 aliphatic carbocycles. The summed E-state index contributed by atoms with van der Waals surface area (Å²) in [5, 5.41) is 15.9. The number of amides is 1. The number of benzene rings is 1. The van der Waals surface area contributed by atoms with Crippen molar-refractivity contribution in [2.45, 2.75) is 6.54 Å². The van der Waals surface area contributed by atoms with Crippen molar-refractivity contribution in [3.8, 4) is 10.6 Å². The van der Waals surface area contributed by atoms with Crippen LogP contribution in [0.15, 0.2) is 54.0 Å². The van der Waals surface area contributed by atoms with Crippen LogP contribution in [0.4, 0.5) is 10.2 Å². The lowest BCUT2D eigenvalue weighted by atomic mass is 10.2. The molecule has 0 aliphatic rings. The number of aromatic amines is 1. The third-order valence-corrected chi connectivity index (χ3v) is 5.02. The van der Waals surface area contributed by atoms with E-state index in [0.717, 1.165) is 10.6 Å². The highest BCUT2D eigenvalue weighted by molar-refractivity contribution is 7.13. The zero-order valence-corrected chi connectivity index (χ0v) is 15.4. The summed E-state index contributed by atoms with van der Waals surface area (Å²) in [5.41, 5.74) is 1.45. The number of nitrogens with zero attached hydrogens (tertiary/aromatic N) is 3. The second-order valence-electron chi connectivity index (χ2n) is 5.71. The Morgan fingerprint density at radius 3 is 2.93 bits per heavy atom. The SMILES string of the molecule is O=C(Nc1nn(Cc2ccccc2F)cc1Cl)c1cc(-c2cccs2)[nH]n1. The molecule has 0 spiro atoms. The molecule has 0 atom stereocenters. The molecule has 3 aromatic heterocycles. The molecular weight excluding hydrogens is 389 g/mol. The van der Waals surface area contributed by atoms with Crippen LogP contribution < -0.4 is 5.32 Å². The Labute approximate surface area is 162 Å². The number of aromatic nitrogens is 4. The minimum Gasteiger partial charge on any atom is -0.302 e. The monoisotopic (exact) mass is 401 g/mol. The average Bonchev–Trinajstić information content (AvgIpc) is 3.38. The summed E-state index contributed by atoms with van der Waals surface area (Å²) in [6.45, 7) is 0.202. The quantitative estimate of drug-likeness (QED) is 0.519. The van der Waals surface area contributed by atoms with E-state index in [4.69, 9.17) is 11.6 Å². The molecule has 1 amide bonds.